The first-order valence-electron chi connectivity index (χ1n) is 5.66. The van der Waals surface area contributed by atoms with Crippen molar-refractivity contribution < 1.29 is 9.18 Å². The Morgan fingerprint density at radius 3 is 2.37 bits per heavy atom. The highest BCUT2D eigenvalue weighted by atomic mass is 19.1. The van der Waals surface area contributed by atoms with Gasteiger partial charge in [0.15, 0.2) is 6.29 Å². The number of rotatable bonds is 3. The predicted molar refractivity (Wildman–Crippen MR) is 67.3 cm³/mol. The second kappa shape index (κ2) is 5.01. The summed E-state index contributed by atoms with van der Waals surface area (Å²) in [6.07, 6.45) is 1.62. The van der Waals surface area contributed by atoms with E-state index in [0.717, 1.165) is 16.7 Å². The van der Waals surface area contributed by atoms with Gasteiger partial charge in [0, 0.05) is 12.7 Å². The summed E-state index contributed by atoms with van der Waals surface area (Å²) in [6.45, 7) is 2.04. The molecule has 0 N–H and O–H groups in total. The smallest absolute Gasteiger partial charge is 0.300 e. The zero-order valence-corrected chi connectivity index (χ0v) is 10.2. The fraction of sp³-hybridized carbons (Fsp3) is 0.154. The van der Waals surface area contributed by atoms with E-state index in [1.807, 2.05) is 0 Å². The lowest BCUT2D eigenvalue weighted by molar-refractivity contribution is 0.112. The molecule has 0 aliphatic rings. The number of aldehydes is 1. The largest absolute Gasteiger partial charge is 0.335 e. The number of carbonyl (C=O) groups is 1. The minimum atomic E-state index is -0.712. The Hall–Kier alpha value is -2.50. The van der Waals surface area contributed by atoms with Crippen LogP contribution in [0.2, 0.25) is 0 Å². The molecule has 2 rings (SSSR count). The summed E-state index contributed by atoms with van der Waals surface area (Å²) in [4.78, 5) is 34.9. The van der Waals surface area contributed by atoms with Gasteiger partial charge in [-0.15, -0.1) is 0 Å². The van der Waals surface area contributed by atoms with E-state index in [4.69, 9.17) is 0 Å². The molecule has 1 heterocycles. The molecular formula is C13H11FN2O3. The van der Waals surface area contributed by atoms with Crippen molar-refractivity contribution in [2.75, 3.05) is 0 Å². The van der Waals surface area contributed by atoms with Crippen LogP contribution in [-0.4, -0.2) is 15.4 Å². The molecule has 0 bridgehead atoms. The van der Waals surface area contributed by atoms with E-state index in [0.29, 0.717) is 12.8 Å². The van der Waals surface area contributed by atoms with E-state index in [1.54, 1.807) is 6.92 Å². The van der Waals surface area contributed by atoms with Gasteiger partial charge in [0.2, 0.25) is 0 Å². The van der Waals surface area contributed by atoms with Crippen LogP contribution in [0.25, 0.3) is 5.69 Å². The quantitative estimate of drug-likeness (QED) is 0.774. The molecule has 1 aromatic heterocycles. The zero-order chi connectivity index (χ0) is 14.0. The molecule has 0 aliphatic carbocycles. The van der Waals surface area contributed by atoms with Crippen molar-refractivity contribution in [3.05, 3.63) is 62.7 Å². The molecule has 5 nitrogen and oxygen atoms in total. The van der Waals surface area contributed by atoms with Gasteiger partial charge < -0.3 is 0 Å². The summed E-state index contributed by atoms with van der Waals surface area (Å²) in [5, 5.41) is 0. The summed E-state index contributed by atoms with van der Waals surface area (Å²) >= 11 is 0. The van der Waals surface area contributed by atoms with E-state index in [-0.39, 0.29) is 11.3 Å². The van der Waals surface area contributed by atoms with Gasteiger partial charge in [0.25, 0.3) is 5.56 Å². The molecule has 6 heteroatoms. The van der Waals surface area contributed by atoms with Crippen molar-refractivity contribution in [2.24, 2.45) is 0 Å². The maximum absolute atomic E-state index is 12.9. The number of aryl methyl sites for hydroxylation is 1. The molecule has 0 atom stereocenters. The number of benzene rings is 1. The Kier molecular flexibility index (Phi) is 3.41. The fourth-order valence-corrected chi connectivity index (χ4v) is 1.75. The van der Waals surface area contributed by atoms with Crippen LogP contribution in [0, 0.1) is 5.82 Å². The summed E-state index contributed by atoms with van der Waals surface area (Å²) in [7, 11) is 0. The molecule has 0 saturated carbocycles. The summed E-state index contributed by atoms with van der Waals surface area (Å²) in [5.74, 6) is -0.473. The van der Waals surface area contributed by atoms with Crippen molar-refractivity contribution in [1.29, 1.82) is 0 Å². The van der Waals surface area contributed by atoms with E-state index in [9.17, 15) is 18.8 Å². The average molecular weight is 262 g/mol. The molecule has 1 aromatic carbocycles. The van der Waals surface area contributed by atoms with Crippen LogP contribution in [0.1, 0.15) is 17.3 Å². The minimum absolute atomic E-state index is 0.120. The molecule has 19 heavy (non-hydrogen) atoms. The van der Waals surface area contributed by atoms with Crippen molar-refractivity contribution in [2.45, 2.75) is 13.5 Å². The zero-order valence-electron chi connectivity index (χ0n) is 10.2. The minimum Gasteiger partial charge on any atom is -0.300 e. The molecule has 0 radical (unpaired) electrons. The summed E-state index contributed by atoms with van der Waals surface area (Å²) in [6, 6.07) is 4.91. The van der Waals surface area contributed by atoms with Crippen LogP contribution >= 0.6 is 0 Å². The molecule has 0 spiro atoms. The van der Waals surface area contributed by atoms with Gasteiger partial charge in [0.05, 0.1) is 11.3 Å². The van der Waals surface area contributed by atoms with Gasteiger partial charge in [-0.1, -0.05) is 0 Å². The van der Waals surface area contributed by atoms with Crippen LogP contribution < -0.4 is 11.2 Å². The van der Waals surface area contributed by atoms with Crippen LogP contribution in [0.5, 0.6) is 0 Å². The number of hydrogen-bond donors (Lipinski definition) is 0. The Balaban J connectivity index is 2.82. The van der Waals surface area contributed by atoms with Gasteiger partial charge in [-0.05, 0) is 31.2 Å². The molecule has 2 aromatic rings. The monoisotopic (exact) mass is 262 g/mol. The second-order valence-electron chi connectivity index (χ2n) is 3.89. The number of hydrogen-bond acceptors (Lipinski definition) is 3. The second-order valence-corrected chi connectivity index (χ2v) is 3.89. The molecule has 0 unspecified atom stereocenters. The highest BCUT2D eigenvalue weighted by Gasteiger charge is 2.11. The normalized spacial score (nSPS) is 10.4. The van der Waals surface area contributed by atoms with Gasteiger partial charge in [-0.25, -0.2) is 13.8 Å². The predicted octanol–water partition coefficient (Wildman–Crippen LogP) is 0.971. The average Bonchev–Trinajstić information content (AvgIpc) is 2.41. The fourth-order valence-electron chi connectivity index (χ4n) is 1.75. The lowest BCUT2D eigenvalue weighted by Gasteiger charge is -2.09. The number of nitrogens with zero attached hydrogens (tertiary/aromatic N) is 2. The first-order chi connectivity index (χ1) is 9.08. The van der Waals surface area contributed by atoms with Crippen molar-refractivity contribution >= 4 is 6.29 Å². The molecule has 0 amide bonds. The Labute approximate surface area is 107 Å². The van der Waals surface area contributed by atoms with Gasteiger partial charge in [-0.3, -0.25) is 14.2 Å². The molecule has 0 fully saturated rings. The number of carbonyl (C=O) groups excluding carboxylic acids is 1. The summed E-state index contributed by atoms with van der Waals surface area (Å²) < 4.78 is 15.0. The number of halogens is 1. The van der Waals surface area contributed by atoms with Crippen LogP contribution in [0.4, 0.5) is 4.39 Å². The van der Waals surface area contributed by atoms with Crippen molar-refractivity contribution in [1.82, 2.24) is 9.13 Å². The third-order valence-corrected chi connectivity index (χ3v) is 2.73. The van der Waals surface area contributed by atoms with Gasteiger partial charge >= 0.3 is 5.69 Å². The molecule has 98 valence electrons. The Morgan fingerprint density at radius 2 is 1.84 bits per heavy atom. The van der Waals surface area contributed by atoms with E-state index in [2.05, 4.69) is 0 Å². The standard InChI is InChI=1S/C13H11FN2O3/c1-2-15-7-9(8-17)12(18)16(13(15)19)11-5-3-10(14)4-6-11/h3-8H,2H2,1H3. The van der Waals surface area contributed by atoms with Crippen molar-refractivity contribution in [3.8, 4) is 5.69 Å². The first-order valence-corrected chi connectivity index (χ1v) is 5.66. The maximum atomic E-state index is 12.9. The highest BCUT2D eigenvalue weighted by molar-refractivity contribution is 5.73. The topological polar surface area (TPSA) is 61.1 Å². The Bertz CT molecular complexity index is 729. The molecule has 0 aliphatic heterocycles. The summed E-state index contributed by atoms with van der Waals surface area (Å²) in [5.41, 5.74) is -1.17. The van der Waals surface area contributed by atoms with E-state index >= 15 is 0 Å². The maximum Gasteiger partial charge on any atom is 0.335 e. The third kappa shape index (κ3) is 2.24. The van der Waals surface area contributed by atoms with Gasteiger partial charge in [0.1, 0.15) is 5.82 Å². The Morgan fingerprint density at radius 1 is 1.21 bits per heavy atom. The third-order valence-electron chi connectivity index (χ3n) is 2.73. The van der Waals surface area contributed by atoms with Crippen LogP contribution in [-0.2, 0) is 6.54 Å². The van der Waals surface area contributed by atoms with Gasteiger partial charge in [-0.2, -0.15) is 0 Å². The highest BCUT2D eigenvalue weighted by Crippen LogP contribution is 2.05. The lowest BCUT2D eigenvalue weighted by Crippen LogP contribution is -2.40. The molecular weight excluding hydrogens is 251 g/mol. The van der Waals surface area contributed by atoms with E-state index < -0.39 is 17.1 Å². The number of aromatic nitrogens is 2. The first kappa shape index (κ1) is 12.9. The van der Waals surface area contributed by atoms with Crippen molar-refractivity contribution in [3.63, 3.8) is 0 Å². The van der Waals surface area contributed by atoms with Crippen LogP contribution in [0.15, 0.2) is 40.1 Å². The van der Waals surface area contributed by atoms with E-state index in [1.165, 1.54) is 22.9 Å². The van der Waals surface area contributed by atoms with Crippen LogP contribution in [0.3, 0.4) is 0 Å². The molecule has 0 saturated heterocycles. The lowest BCUT2D eigenvalue weighted by atomic mass is 10.3. The SMILES string of the molecule is CCn1cc(C=O)c(=O)n(-c2ccc(F)cc2)c1=O.